The van der Waals surface area contributed by atoms with E-state index < -0.39 is 11.7 Å². The van der Waals surface area contributed by atoms with Gasteiger partial charge in [0.15, 0.2) is 0 Å². The molecule has 5 nitrogen and oxygen atoms in total. The number of amides is 2. The average molecular weight is 394 g/mol. The lowest BCUT2D eigenvalue weighted by atomic mass is 10.2. The van der Waals surface area contributed by atoms with Crippen LogP contribution in [0.3, 0.4) is 0 Å². The number of hydrogen-bond acceptors (Lipinski definition) is 3. The second-order valence-corrected chi connectivity index (χ2v) is 6.51. The maximum atomic E-state index is 13.9. The molecule has 8 heteroatoms. The monoisotopic (exact) mass is 393 g/mol. The second kappa shape index (κ2) is 8.35. The molecular weight excluding hydrogens is 376 g/mol. The molecule has 1 aliphatic heterocycles. The molecule has 1 heterocycles. The first-order valence-electron chi connectivity index (χ1n) is 8.47. The molecule has 27 heavy (non-hydrogen) atoms. The molecule has 0 spiro atoms. The highest BCUT2D eigenvalue weighted by Gasteiger charge is 2.23. The summed E-state index contributed by atoms with van der Waals surface area (Å²) in [6.45, 7) is 1.52. The SMILES string of the molecule is O=C(NCC(=O)N1CCN(c2ccccc2F)CC1)c1c(F)cccc1Cl. The van der Waals surface area contributed by atoms with Crippen LogP contribution in [0, 0.1) is 11.6 Å². The molecule has 1 N–H and O–H groups in total. The number of nitrogens with zero attached hydrogens (tertiary/aromatic N) is 2. The van der Waals surface area contributed by atoms with Crippen molar-refractivity contribution < 1.29 is 18.4 Å². The van der Waals surface area contributed by atoms with E-state index in [0.29, 0.717) is 31.9 Å². The van der Waals surface area contributed by atoms with Crippen molar-refractivity contribution in [3.8, 4) is 0 Å². The first-order chi connectivity index (χ1) is 13.0. The van der Waals surface area contributed by atoms with Crippen molar-refractivity contribution in [2.24, 2.45) is 0 Å². The second-order valence-electron chi connectivity index (χ2n) is 6.10. The number of benzene rings is 2. The number of para-hydroxylation sites is 1. The van der Waals surface area contributed by atoms with Crippen molar-refractivity contribution in [2.45, 2.75) is 0 Å². The topological polar surface area (TPSA) is 52.7 Å². The third-order valence-electron chi connectivity index (χ3n) is 4.42. The maximum Gasteiger partial charge on any atom is 0.256 e. The molecule has 0 radical (unpaired) electrons. The lowest BCUT2D eigenvalue weighted by molar-refractivity contribution is -0.130. The molecule has 3 rings (SSSR count). The lowest BCUT2D eigenvalue weighted by Gasteiger charge is -2.36. The summed E-state index contributed by atoms with van der Waals surface area (Å²) in [7, 11) is 0. The van der Waals surface area contributed by atoms with Crippen LogP contribution >= 0.6 is 11.6 Å². The number of nitrogens with one attached hydrogen (secondary N) is 1. The van der Waals surface area contributed by atoms with Gasteiger partial charge in [0.1, 0.15) is 11.6 Å². The summed E-state index contributed by atoms with van der Waals surface area (Å²) in [5.41, 5.74) is 0.225. The van der Waals surface area contributed by atoms with Gasteiger partial charge < -0.3 is 15.1 Å². The predicted octanol–water partition coefficient (Wildman–Crippen LogP) is 2.70. The highest BCUT2D eigenvalue weighted by Crippen LogP contribution is 2.20. The van der Waals surface area contributed by atoms with Gasteiger partial charge in [-0.05, 0) is 24.3 Å². The van der Waals surface area contributed by atoms with Crippen LogP contribution < -0.4 is 10.2 Å². The minimum absolute atomic E-state index is 0.0153. The Balaban J connectivity index is 1.53. The van der Waals surface area contributed by atoms with Crippen LogP contribution in [-0.4, -0.2) is 49.4 Å². The fourth-order valence-corrected chi connectivity index (χ4v) is 3.22. The highest BCUT2D eigenvalue weighted by atomic mass is 35.5. The molecule has 0 atom stereocenters. The van der Waals surface area contributed by atoms with Gasteiger partial charge >= 0.3 is 0 Å². The molecule has 0 unspecified atom stereocenters. The Kier molecular flexibility index (Phi) is 5.91. The molecule has 2 amide bonds. The van der Waals surface area contributed by atoms with Crippen molar-refractivity contribution in [3.05, 3.63) is 64.7 Å². The third kappa shape index (κ3) is 4.36. The van der Waals surface area contributed by atoms with E-state index in [0.717, 1.165) is 6.07 Å². The fourth-order valence-electron chi connectivity index (χ4n) is 2.98. The summed E-state index contributed by atoms with van der Waals surface area (Å²) in [5.74, 6) is -2.07. The lowest BCUT2D eigenvalue weighted by Crippen LogP contribution is -2.51. The maximum absolute atomic E-state index is 13.9. The minimum atomic E-state index is -0.744. The average Bonchev–Trinajstić information content (AvgIpc) is 2.66. The van der Waals surface area contributed by atoms with Crippen molar-refractivity contribution >= 4 is 29.1 Å². The molecule has 1 saturated heterocycles. The van der Waals surface area contributed by atoms with E-state index >= 15 is 0 Å². The van der Waals surface area contributed by atoms with Gasteiger partial charge in [-0.1, -0.05) is 29.8 Å². The van der Waals surface area contributed by atoms with E-state index in [4.69, 9.17) is 11.6 Å². The predicted molar refractivity (Wildman–Crippen MR) is 98.9 cm³/mol. The number of piperazine rings is 1. The molecule has 2 aromatic carbocycles. The third-order valence-corrected chi connectivity index (χ3v) is 4.73. The smallest absolute Gasteiger partial charge is 0.256 e. The van der Waals surface area contributed by atoms with Crippen LogP contribution in [0.15, 0.2) is 42.5 Å². The van der Waals surface area contributed by atoms with E-state index in [2.05, 4.69) is 5.32 Å². The van der Waals surface area contributed by atoms with Gasteiger partial charge in [-0.25, -0.2) is 8.78 Å². The standard InChI is InChI=1S/C19H18ClF2N3O2/c20-13-4-3-6-15(22)18(13)19(27)23-12-17(26)25-10-8-24(9-11-25)16-7-2-1-5-14(16)21/h1-7H,8-12H2,(H,23,27). The Bertz CT molecular complexity index is 834. The number of carbonyl (C=O) groups is 2. The van der Waals surface area contributed by atoms with Crippen LogP contribution in [0.1, 0.15) is 10.4 Å². The summed E-state index contributed by atoms with van der Waals surface area (Å²) in [4.78, 5) is 27.9. The summed E-state index contributed by atoms with van der Waals surface area (Å²) in [6.07, 6.45) is 0. The Hall–Kier alpha value is -2.67. The molecule has 0 aromatic heterocycles. The largest absolute Gasteiger partial charge is 0.366 e. The molecule has 1 aliphatic rings. The zero-order valence-electron chi connectivity index (χ0n) is 14.4. The zero-order chi connectivity index (χ0) is 19.4. The van der Waals surface area contributed by atoms with Crippen LogP contribution in [0.25, 0.3) is 0 Å². The van der Waals surface area contributed by atoms with Crippen molar-refractivity contribution in [1.82, 2.24) is 10.2 Å². The van der Waals surface area contributed by atoms with E-state index in [1.165, 1.54) is 18.2 Å². The quantitative estimate of drug-likeness (QED) is 0.869. The van der Waals surface area contributed by atoms with Crippen molar-refractivity contribution in [3.63, 3.8) is 0 Å². The number of rotatable bonds is 4. The van der Waals surface area contributed by atoms with Crippen LogP contribution in [-0.2, 0) is 4.79 Å². The Morgan fingerprint density at radius 3 is 2.30 bits per heavy atom. The molecule has 142 valence electrons. The number of carbonyl (C=O) groups excluding carboxylic acids is 2. The molecule has 1 fully saturated rings. The van der Waals surface area contributed by atoms with Gasteiger partial charge in [-0.15, -0.1) is 0 Å². The van der Waals surface area contributed by atoms with Crippen LogP contribution in [0.2, 0.25) is 5.02 Å². The summed E-state index contributed by atoms with van der Waals surface area (Å²) >= 11 is 5.84. The number of halogens is 3. The first kappa shape index (κ1) is 19.1. The van der Waals surface area contributed by atoms with Crippen LogP contribution in [0.4, 0.5) is 14.5 Å². The van der Waals surface area contributed by atoms with Gasteiger partial charge in [-0.3, -0.25) is 9.59 Å². The van der Waals surface area contributed by atoms with Gasteiger partial charge in [0.05, 0.1) is 22.8 Å². The van der Waals surface area contributed by atoms with E-state index in [9.17, 15) is 18.4 Å². The van der Waals surface area contributed by atoms with Gasteiger partial charge in [0.2, 0.25) is 5.91 Å². The number of anilines is 1. The Labute approximate surface area is 160 Å². The van der Waals surface area contributed by atoms with Crippen molar-refractivity contribution in [2.75, 3.05) is 37.6 Å². The molecule has 0 bridgehead atoms. The molecule has 2 aromatic rings. The summed E-state index contributed by atoms with van der Waals surface area (Å²) < 4.78 is 27.6. The minimum Gasteiger partial charge on any atom is -0.366 e. The van der Waals surface area contributed by atoms with Gasteiger partial charge in [0.25, 0.3) is 5.91 Å². The van der Waals surface area contributed by atoms with Crippen LogP contribution in [0.5, 0.6) is 0 Å². The Morgan fingerprint density at radius 1 is 0.963 bits per heavy atom. The van der Waals surface area contributed by atoms with Gasteiger partial charge in [-0.2, -0.15) is 0 Å². The first-order valence-corrected chi connectivity index (χ1v) is 8.84. The zero-order valence-corrected chi connectivity index (χ0v) is 15.2. The van der Waals surface area contributed by atoms with Crippen molar-refractivity contribution in [1.29, 1.82) is 0 Å². The van der Waals surface area contributed by atoms with E-state index in [1.807, 2.05) is 4.90 Å². The highest BCUT2D eigenvalue weighted by molar-refractivity contribution is 6.33. The molecule has 0 saturated carbocycles. The summed E-state index contributed by atoms with van der Waals surface area (Å²) in [5, 5.41) is 2.39. The van der Waals surface area contributed by atoms with E-state index in [-0.39, 0.29) is 28.9 Å². The van der Waals surface area contributed by atoms with Gasteiger partial charge in [0, 0.05) is 26.2 Å². The normalized spacial score (nSPS) is 14.2. The fraction of sp³-hybridized carbons (Fsp3) is 0.263. The van der Waals surface area contributed by atoms with E-state index in [1.54, 1.807) is 23.1 Å². The Morgan fingerprint density at radius 2 is 1.63 bits per heavy atom. The molecule has 0 aliphatic carbocycles. The molecular formula is C19H18ClF2N3O2. The summed E-state index contributed by atoms with van der Waals surface area (Å²) in [6, 6.07) is 10.4. The number of hydrogen-bond donors (Lipinski definition) is 1.